The van der Waals surface area contributed by atoms with Crippen LogP contribution in [0.1, 0.15) is 11.3 Å². The molecule has 1 aromatic carbocycles. The molecule has 0 saturated heterocycles. The zero-order chi connectivity index (χ0) is 12.7. The third kappa shape index (κ3) is 1.52. The van der Waals surface area contributed by atoms with E-state index in [2.05, 4.69) is 15.2 Å². The number of rotatable bonds is 1. The average Bonchev–Trinajstić information content (AvgIpc) is 2.72. The summed E-state index contributed by atoms with van der Waals surface area (Å²) in [6, 6.07) is 7.70. The van der Waals surface area contributed by atoms with Gasteiger partial charge in [0.25, 0.3) is 0 Å². The van der Waals surface area contributed by atoms with Gasteiger partial charge in [-0.2, -0.15) is 0 Å². The molecule has 5 nitrogen and oxygen atoms in total. The highest BCUT2D eigenvalue weighted by molar-refractivity contribution is 5.76. The maximum Gasteiger partial charge on any atom is 0.171 e. The molecule has 0 atom stereocenters. The van der Waals surface area contributed by atoms with Crippen molar-refractivity contribution in [1.82, 2.24) is 19.6 Å². The monoisotopic (exact) mass is 239 g/mol. The molecule has 5 heteroatoms. The predicted octanol–water partition coefficient (Wildman–Crippen LogP) is 1.99. The van der Waals surface area contributed by atoms with E-state index in [0.29, 0.717) is 5.69 Å². The third-order valence-electron chi connectivity index (χ3n) is 2.97. The van der Waals surface area contributed by atoms with Crippen LogP contribution in [-0.2, 0) is 0 Å². The molecule has 0 spiro atoms. The molecule has 0 radical (unpaired) electrons. The van der Waals surface area contributed by atoms with Crippen LogP contribution in [0, 0.1) is 13.8 Å². The van der Waals surface area contributed by atoms with Crippen molar-refractivity contribution in [3.63, 3.8) is 0 Å². The molecule has 90 valence electrons. The van der Waals surface area contributed by atoms with Gasteiger partial charge in [0.15, 0.2) is 11.5 Å². The van der Waals surface area contributed by atoms with Crippen LogP contribution in [0.3, 0.4) is 0 Å². The first kappa shape index (κ1) is 10.7. The van der Waals surface area contributed by atoms with E-state index in [9.17, 15) is 0 Å². The van der Waals surface area contributed by atoms with Crippen LogP contribution in [0.4, 0.5) is 5.69 Å². The molecule has 3 aromatic rings. The van der Waals surface area contributed by atoms with Crippen molar-refractivity contribution in [1.29, 1.82) is 0 Å². The Morgan fingerprint density at radius 3 is 2.78 bits per heavy atom. The highest BCUT2D eigenvalue weighted by Gasteiger charge is 2.13. The normalized spacial score (nSPS) is 11.0. The van der Waals surface area contributed by atoms with Gasteiger partial charge in [0.1, 0.15) is 6.33 Å². The van der Waals surface area contributed by atoms with Crippen molar-refractivity contribution in [2.24, 2.45) is 0 Å². The largest absolute Gasteiger partial charge is 0.398 e. The highest BCUT2D eigenvalue weighted by atomic mass is 15.3. The number of hydrogen-bond donors (Lipinski definition) is 1. The molecular weight excluding hydrogens is 226 g/mol. The maximum absolute atomic E-state index is 6.03. The number of hydrogen-bond acceptors (Lipinski definition) is 4. The summed E-state index contributed by atoms with van der Waals surface area (Å²) in [5, 5.41) is 8.38. The molecule has 2 N–H and O–H groups in total. The van der Waals surface area contributed by atoms with Crippen LogP contribution < -0.4 is 5.73 Å². The number of benzene rings is 1. The maximum atomic E-state index is 6.03. The molecule has 2 aromatic heterocycles. The average molecular weight is 239 g/mol. The number of nitrogens with two attached hydrogens (primary N) is 1. The van der Waals surface area contributed by atoms with Gasteiger partial charge in [0.2, 0.25) is 0 Å². The van der Waals surface area contributed by atoms with Gasteiger partial charge in [-0.15, -0.1) is 10.2 Å². The summed E-state index contributed by atoms with van der Waals surface area (Å²) in [7, 11) is 0. The Balaban J connectivity index is 2.32. The first-order valence-corrected chi connectivity index (χ1v) is 5.69. The summed E-state index contributed by atoms with van der Waals surface area (Å²) < 4.78 is 1.85. The van der Waals surface area contributed by atoms with Crippen molar-refractivity contribution in [2.75, 3.05) is 5.73 Å². The number of nitrogen functional groups attached to an aromatic ring is 1. The van der Waals surface area contributed by atoms with Gasteiger partial charge in [-0.05, 0) is 25.5 Å². The fourth-order valence-corrected chi connectivity index (χ4v) is 2.05. The molecule has 2 heterocycles. The molecule has 0 aliphatic carbocycles. The smallest absolute Gasteiger partial charge is 0.171 e. The van der Waals surface area contributed by atoms with Gasteiger partial charge in [0, 0.05) is 23.0 Å². The standard InChI is InChI=1S/C13H13N5/c1-8-4-3-5-10(14)12(8)13-17-16-11-6-9(2)15-7-18(11)13/h3-7H,14H2,1-2H3. The first-order valence-electron chi connectivity index (χ1n) is 5.69. The second-order valence-corrected chi connectivity index (χ2v) is 4.32. The van der Waals surface area contributed by atoms with Crippen molar-refractivity contribution >= 4 is 11.3 Å². The van der Waals surface area contributed by atoms with Crippen molar-refractivity contribution in [3.8, 4) is 11.4 Å². The lowest BCUT2D eigenvalue weighted by atomic mass is 10.1. The molecule has 0 aliphatic heterocycles. The molecular formula is C13H13N5. The SMILES string of the molecule is Cc1cc2nnc(-c3c(C)cccc3N)n2cn1. The number of aromatic nitrogens is 4. The van der Waals surface area contributed by atoms with Gasteiger partial charge in [-0.25, -0.2) is 4.98 Å². The van der Waals surface area contributed by atoms with Crippen molar-refractivity contribution in [2.45, 2.75) is 13.8 Å². The fourth-order valence-electron chi connectivity index (χ4n) is 2.05. The summed E-state index contributed by atoms with van der Waals surface area (Å²) >= 11 is 0. The van der Waals surface area contributed by atoms with E-state index >= 15 is 0 Å². The Bertz CT molecular complexity index is 709. The Morgan fingerprint density at radius 1 is 1.17 bits per heavy atom. The highest BCUT2D eigenvalue weighted by Crippen LogP contribution is 2.27. The lowest BCUT2D eigenvalue weighted by Gasteiger charge is -2.07. The molecule has 0 amide bonds. The number of nitrogens with zero attached hydrogens (tertiary/aromatic N) is 4. The topological polar surface area (TPSA) is 69.1 Å². The Labute approximate surface area is 104 Å². The molecule has 0 fully saturated rings. The number of fused-ring (bicyclic) bond motifs is 1. The third-order valence-corrected chi connectivity index (χ3v) is 2.97. The van der Waals surface area contributed by atoms with Gasteiger partial charge in [0.05, 0.1) is 0 Å². The van der Waals surface area contributed by atoms with E-state index < -0.39 is 0 Å². The lowest BCUT2D eigenvalue weighted by Crippen LogP contribution is -1.98. The zero-order valence-corrected chi connectivity index (χ0v) is 10.3. The summed E-state index contributed by atoms with van der Waals surface area (Å²) in [6.45, 7) is 3.94. The zero-order valence-electron chi connectivity index (χ0n) is 10.3. The molecule has 0 saturated carbocycles. The number of anilines is 1. The minimum atomic E-state index is 0.699. The van der Waals surface area contributed by atoms with Crippen molar-refractivity contribution in [3.05, 3.63) is 41.9 Å². The Hall–Kier alpha value is -2.43. The van der Waals surface area contributed by atoms with Crippen LogP contribution in [0.2, 0.25) is 0 Å². The van der Waals surface area contributed by atoms with E-state index in [1.165, 1.54) is 0 Å². The minimum Gasteiger partial charge on any atom is -0.398 e. The Kier molecular flexibility index (Phi) is 2.26. The van der Waals surface area contributed by atoms with E-state index in [1.807, 2.05) is 42.5 Å². The molecule has 3 rings (SSSR count). The molecule has 0 aliphatic rings. The van der Waals surface area contributed by atoms with E-state index in [4.69, 9.17) is 5.73 Å². The summed E-state index contributed by atoms with van der Waals surface area (Å²) in [6.07, 6.45) is 1.73. The first-order chi connectivity index (χ1) is 8.66. The molecule has 18 heavy (non-hydrogen) atoms. The van der Waals surface area contributed by atoms with E-state index in [-0.39, 0.29) is 0 Å². The predicted molar refractivity (Wildman–Crippen MR) is 70.1 cm³/mol. The van der Waals surface area contributed by atoms with E-state index in [1.54, 1.807) is 6.33 Å². The van der Waals surface area contributed by atoms with Crippen molar-refractivity contribution < 1.29 is 0 Å². The Morgan fingerprint density at radius 2 is 2.00 bits per heavy atom. The summed E-state index contributed by atoms with van der Waals surface area (Å²) in [5.74, 6) is 0.730. The van der Waals surface area contributed by atoms with Gasteiger partial charge in [-0.3, -0.25) is 4.40 Å². The van der Waals surface area contributed by atoms with Gasteiger partial charge < -0.3 is 5.73 Å². The lowest BCUT2D eigenvalue weighted by molar-refractivity contribution is 1.05. The second-order valence-electron chi connectivity index (χ2n) is 4.32. The van der Waals surface area contributed by atoms with Gasteiger partial charge >= 0.3 is 0 Å². The molecule has 0 unspecified atom stereocenters. The van der Waals surface area contributed by atoms with Gasteiger partial charge in [-0.1, -0.05) is 12.1 Å². The van der Waals surface area contributed by atoms with Crippen LogP contribution >= 0.6 is 0 Å². The quantitative estimate of drug-likeness (QED) is 0.659. The molecule has 0 bridgehead atoms. The summed E-state index contributed by atoms with van der Waals surface area (Å²) in [4.78, 5) is 4.27. The second kappa shape index (κ2) is 3.80. The van der Waals surface area contributed by atoms with E-state index in [0.717, 1.165) is 28.3 Å². The summed E-state index contributed by atoms with van der Waals surface area (Å²) in [5.41, 5.74) is 10.4. The van der Waals surface area contributed by atoms with Crippen LogP contribution in [0.5, 0.6) is 0 Å². The van der Waals surface area contributed by atoms with Crippen LogP contribution in [-0.4, -0.2) is 19.6 Å². The van der Waals surface area contributed by atoms with Crippen LogP contribution in [0.25, 0.3) is 17.0 Å². The number of aryl methyl sites for hydroxylation is 2. The fraction of sp³-hybridized carbons (Fsp3) is 0.154. The minimum absolute atomic E-state index is 0.699. The van der Waals surface area contributed by atoms with Crippen LogP contribution in [0.15, 0.2) is 30.6 Å².